The lowest BCUT2D eigenvalue weighted by atomic mass is 9.72. The minimum absolute atomic E-state index is 0.0184. The molecule has 0 aromatic heterocycles. The van der Waals surface area contributed by atoms with E-state index in [4.69, 9.17) is 5.73 Å². The number of alkyl halides is 3. The van der Waals surface area contributed by atoms with Gasteiger partial charge >= 0.3 is 6.18 Å². The van der Waals surface area contributed by atoms with E-state index >= 15 is 0 Å². The average molecular weight is 351 g/mol. The highest BCUT2D eigenvalue weighted by molar-refractivity contribution is 5.56. The average Bonchev–Trinajstić information content (AvgIpc) is 2.50. The first-order valence-electron chi connectivity index (χ1n) is 8.90. The molecule has 1 aliphatic rings. The molecule has 0 saturated heterocycles. The van der Waals surface area contributed by atoms with Crippen LogP contribution < -0.4 is 5.73 Å². The van der Waals surface area contributed by atoms with Gasteiger partial charge in [0.25, 0.3) is 0 Å². The molecule has 2 N–H and O–H groups in total. The molecule has 0 amide bonds. The second kappa shape index (κ2) is 7.77. The first-order valence-corrected chi connectivity index (χ1v) is 8.90. The Hall–Kier alpha value is -1.55. The van der Waals surface area contributed by atoms with Crippen LogP contribution >= 0.6 is 0 Å². The summed E-state index contributed by atoms with van der Waals surface area (Å²) in [7, 11) is 0. The maximum absolute atomic E-state index is 13.3. The van der Waals surface area contributed by atoms with E-state index < -0.39 is 12.1 Å². The molecule has 2 rings (SSSR count). The zero-order valence-corrected chi connectivity index (χ0v) is 15.3. The Bertz CT molecular complexity index is 653. The van der Waals surface area contributed by atoms with Gasteiger partial charge in [-0.05, 0) is 61.3 Å². The van der Waals surface area contributed by atoms with Crippen molar-refractivity contribution in [2.24, 2.45) is 11.1 Å². The summed E-state index contributed by atoms with van der Waals surface area (Å²) >= 11 is 0. The van der Waals surface area contributed by atoms with E-state index in [-0.39, 0.29) is 23.9 Å². The molecule has 138 valence electrons. The lowest BCUT2D eigenvalue weighted by molar-refractivity contribution is -0.151. The molecule has 0 radical (unpaired) electrons. The molecule has 0 bridgehead atoms. The van der Waals surface area contributed by atoms with Crippen LogP contribution in [0.5, 0.6) is 0 Å². The third-order valence-electron chi connectivity index (χ3n) is 5.15. The second-order valence-electron chi connectivity index (χ2n) is 7.61. The third-order valence-corrected chi connectivity index (χ3v) is 5.15. The molecule has 0 spiro atoms. The SMILES string of the molecule is CC1=C(C=Cc2cccc(C(CCN)C(F)(F)F)c2)C(C)(C)CCC1. The Morgan fingerprint density at radius 3 is 2.56 bits per heavy atom. The molecule has 1 atom stereocenters. The van der Waals surface area contributed by atoms with Crippen molar-refractivity contribution in [2.75, 3.05) is 6.54 Å². The van der Waals surface area contributed by atoms with Gasteiger partial charge < -0.3 is 5.73 Å². The summed E-state index contributed by atoms with van der Waals surface area (Å²) in [4.78, 5) is 0. The fourth-order valence-electron chi connectivity index (χ4n) is 3.76. The Morgan fingerprint density at radius 1 is 1.24 bits per heavy atom. The molecule has 1 aromatic rings. The lowest BCUT2D eigenvalue weighted by Crippen LogP contribution is -2.23. The summed E-state index contributed by atoms with van der Waals surface area (Å²) in [6.45, 7) is 6.63. The molecule has 0 fully saturated rings. The fourth-order valence-corrected chi connectivity index (χ4v) is 3.76. The normalized spacial score (nSPS) is 19.5. The monoisotopic (exact) mass is 351 g/mol. The van der Waals surface area contributed by atoms with Crippen LogP contribution in [0.3, 0.4) is 0 Å². The minimum atomic E-state index is -4.27. The molecular weight excluding hydrogens is 323 g/mol. The number of halogens is 3. The number of nitrogens with two attached hydrogens (primary N) is 1. The van der Waals surface area contributed by atoms with Crippen LogP contribution in [0.2, 0.25) is 0 Å². The van der Waals surface area contributed by atoms with Crippen LogP contribution in [-0.4, -0.2) is 12.7 Å². The van der Waals surface area contributed by atoms with Crippen molar-refractivity contribution in [3.05, 3.63) is 52.6 Å². The molecule has 1 unspecified atom stereocenters. The fraction of sp³-hybridized carbons (Fsp3) is 0.524. The van der Waals surface area contributed by atoms with Gasteiger partial charge in [-0.2, -0.15) is 13.2 Å². The number of benzene rings is 1. The molecule has 1 nitrogen and oxygen atoms in total. The van der Waals surface area contributed by atoms with Gasteiger partial charge in [-0.15, -0.1) is 0 Å². The summed E-state index contributed by atoms with van der Waals surface area (Å²) in [6, 6.07) is 6.72. The van der Waals surface area contributed by atoms with E-state index in [1.165, 1.54) is 17.6 Å². The van der Waals surface area contributed by atoms with Gasteiger partial charge in [0.05, 0.1) is 5.92 Å². The molecule has 0 saturated carbocycles. The van der Waals surface area contributed by atoms with E-state index in [1.54, 1.807) is 18.2 Å². The molecular formula is C21H28F3N. The predicted molar refractivity (Wildman–Crippen MR) is 98.3 cm³/mol. The van der Waals surface area contributed by atoms with Crippen molar-refractivity contribution < 1.29 is 13.2 Å². The van der Waals surface area contributed by atoms with Gasteiger partial charge in [-0.3, -0.25) is 0 Å². The maximum atomic E-state index is 13.3. The van der Waals surface area contributed by atoms with Crippen LogP contribution in [0.1, 0.15) is 63.5 Å². The van der Waals surface area contributed by atoms with Gasteiger partial charge in [0.2, 0.25) is 0 Å². The summed E-state index contributed by atoms with van der Waals surface area (Å²) < 4.78 is 39.8. The topological polar surface area (TPSA) is 26.0 Å². The molecule has 0 heterocycles. The van der Waals surface area contributed by atoms with Gasteiger partial charge in [0, 0.05) is 0 Å². The van der Waals surface area contributed by atoms with Crippen LogP contribution in [0.4, 0.5) is 13.2 Å². The van der Waals surface area contributed by atoms with Crippen molar-refractivity contribution in [2.45, 2.75) is 58.5 Å². The van der Waals surface area contributed by atoms with Crippen molar-refractivity contribution in [1.82, 2.24) is 0 Å². The Morgan fingerprint density at radius 2 is 1.96 bits per heavy atom. The first kappa shape index (κ1) is 19.8. The van der Waals surface area contributed by atoms with Crippen LogP contribution in [0.15, 0.2) is 41.5 Å². The largest absolute Gasteiger partial charge is 0.395 e. The van der Waals surface area contributed by atoms with Gasteiger partial charge in [-0.1, -0.05) is 55.8 Å². The predicted octanol–water partition coefficient (Wildman–Crippen LogP) is 6.22. The van der Waals surface area contributed by atoms with Gasteiger partial charge in [0.1, 0.15) is 0 Å². The van der Waals surface area contributed by atoms with E-state index in [1.807, 2.05) is 12.1 Å². The zero-order valence-electron chi connectivity index (χ0n) is 15.3. The number of hydrogen-bond acceptors (Lipinski definition) is 1. The quantitative estimate of drug-likeness (QED) is 0.669. The van der Waals surface area contributed by atoms with Crippen molar-refractivity contribution in [3.8, 4) is 0 Å². The number of allylic oxidation sites excluding steroid dienone is 3. The molecule has 0 aliphatic heterocycles. The Balaban J connectivity index is 2.30. The highest BCUT2D eigenvalue weighted by Gasteiger charge is 2.39. The minimum Gasteiger partial charge on any atom is -0.330 e. The van der Waals surface area contributed by atoms with E-state index in [0.717, 1.165) is 18.4 Å². The summed E-state index contributed by atoms with van der Waals surface area (Å²) in [5.74, 6) is -1.50. The zero-order chi connectivity index (χ0) is 18.7. The number of rotatable bonds is 5. The Kier molecular flexibility index (Phi) is 6.15. The van der Waals surface area contributed by atoms with E-state index in [0.29, 0.717) is 0 Å². The van der Waals surface area contributed by atoms with Crippen LogP contribution in [0.25, 0.3) is 6.08 Å². The van der Waals surface area contributed by atoms with E-state index in [2.05, 4.69) is 26.8 Å². The molecule has 1 aliphatic carbocycles. The summed E-state index contributed by atoms with van der Waals surface area (Å²) in [6.07, 6.45) is 3.08. The summed E-state index contributed by atoms with van der Waals surface area (Å²) in [5, 5.41) is 0. The Labute approximate surface area is 148 Å². The smallest absolute Gasteiger partial charge is 0.330 e. The van der Waals surface area contributed by atoms with Gasteiger partial charge in [0.15, 0.2) is 0 Å². The number of hydrogen-bond donors (Lipinski definition) is 1. The second-order valence-corrected chi connectivity index (χ2v) is 7.61. The third kappa shape index (κ3) is 4.97. The highest BCUT2D eigenvalue weighted by Crippen LogP contribution is 2.41. The molecule has 1 aromatic carbocycles. The maximum Gasteiger partial charge on any atom is 0.395 e. The van der Waals surface area contributed by atoms with Crippen molar-refractivity contribution in [1.29, 1.82) is 0 Å². The van der Waals surface area contributed by atoms with Crippen LogP contribution in [-0.2, 0) is 0 Å². The lowest BCUT2D eigenvalue weighted by Gasteiger charge is -2.32. The van der Waals surface area contributed by atoms with Gasteiger partial charge in [-0.25, -0.2) is 0 Å². The standard InChI is InChI=1S/C21H28F3N/c1-15-6-5-12-20(2,3)18(15)10-9-16-7-4-8-17(14-16)19(11-13-25)21(22,23)24/h4,7-10,14,19H,5-6,11-13,25H2,1-3H3. The first-order chi connectivity index (χ1) is 11.6. The van der Waals surface area contributed by atoms with Crippen molar-refractivity contribution >= 4 is 6.08 Å². The molecule has 4 heteroatoms. The molecule has 25 heavy (non-hydrogen) atoms. The van der Waals surface area contributed by atoms with Crippen LogP contribution in [0, 0.1) is 5.41 Å². The van der Waals surface area contributed by atoms with E-state index in [9.17, 15) is 13.2 Å². The van der Waals surface area contributed by atoms with Crippen molar-refractivity contribution in [3.63, 3.8) is 0 Å². The highest BCUT2D eigenvalue weighted by atomic mass is 19.4. The summed E-state index contributed by atoms with van der Waals surface area (Å²) in [5.41, 5.74) is 9.26.